The lowest BCUT2D eigenvalue weighted by atomic mass is 10.2. The Morgan fingerprint density at radius 1 is 1.20 bits per heavy atom. The van der Waals surface area contributed by atoms with E-state index in [2.05, 4.69) is 4.18 Å². The molecule has 0 spiro atoms. The monoisotopic (exact) mass is 240 g/mol. The van der Waals surface area contributed by atoms with Crippen LogP contribution in [0.2, 0.25) is 0 Å². The highest BCUT2D eigenvalue weighted by molar-refractivity contribution is 7.86. The summed E-state index contributed by atoms with van der Waals surface area (Å²) in [6.07, 6.45) is -5.21. The molecule has 0 bridgehead atoms. The second kappa shape index (κ2) is 3.82. The summed E-state index contributed by atoms with van der Waals surface area (Å²) >= 11 is 0. The molecule has 0 saturated carbocycles. The zero-order valence-electron chi connectivity index (χ0n) is 7.58. The van der Waals surface area contributed by atoms with Crippen molar-refractivity contribution in [2.75, 3.05) is 0 Å². The maximum atomic E-state index is 11.8. The molecular formula is C8H7F3O3S. The Morgan fingerprint density at radius 2 is 1.73 bits per heavy atom. The summed E-state index contributed by atoms with van der Waals surface area (Å²) < 4.78 is 60.6. The average Bonchev–Trinajstić information content (AvgIpc) is 1.99. The molecule has 1 rings (SSSR count). The minimum absolute atomic E-state index is 0.196. The summed E-state index contributed by atoms with van der Waals surface area (Å²) in [7, 11) is -4.77. The van der Waals surface area contributed by atoms with Crippen LogP contribution < -0.4 is 0 Å². The molecule has 0 aliphatic heterocycles. The number of aryl methyl sites for hydroxylation is 1. The standard InChI is InChI=1S/C8H7F3O3S/c1-6-4-2-3-5-7(6)15(12,13)14-8(9,10)11/h2-5H,1H3. The lowest BCUT2D eigenvalue weighted by Crippen LogP contribution is -2.20. The first-order valence-electron chi connectivity index (χ1n) is 3.80. The fraction of sp³-hybridized carbons (Fsp3) is 0.250. The largest absolute Gasteiger partial charge is 0.537 e. The molecule has 0 aliphatic carbocycles. The van der Waals surface area contributed by atoms with E-state index in [0.29, 0.717) is 0 Å². The Bertz CT molecular complexity index is 450. The fourth-order valence-electron chi connectivity index (χ4n) is 1.01. The molecule has 0 saturated heterocycles. The predicted octanol–water partition coefficient (Wildman–Crippen LogP) is 2.22. The van der Waals surface area contributed by atoms with Gasteiger partial charge in [0.15, 0.2) is 0 Å². The maximum Gasteiger partial charge on any atom is 0.537 e. The molecule has 1 aromatic rings. The van der Waals surface area contributed by atoms with Crippen molar-refractivity contribution in [3.63, 3.8) is 0 Å². The summed E-state index contributed by atoms with van der Waals surface area (Å²) in [6, 6.07) is 5.27. The van der Waals surface area contributed by atoms with Gasteiger partial charge in [-0.1, -0.05) is 18.2 Å². The Kier molecular flexibility index (Phi) is 3.05. The first-order valence-corrected chi connectivity index (χ1v) is 5.21. The minimum Gasteiger partial charge on any atom is -0.194 e. The van der Waals surface area contributed by atoms with Crippen LogP contribution in [-0.2, 0) is 14.3 Å². The van der Waals surface area contributed by atoms with E-state index >= 15 is 0 Å². The van der Waals surface area contributed by atoms with Gasteiger partial charge in [-0.15, -0.1) is 13.2 Å². The first kappa shape index (κ1) is 12.0. The van der Waals surface area contributed by atoms with Crippen LogP contribution in [0.25, 0.3) is 0 Å². The van der Waals surface area contributed by atoms with Gasteiger partial charge in [0.1, 0.15) is 0 Å². The minimum atomic E-state index is -5.21. The van der Waals surface area contributed by atoms with Crippen molar-refractivity contribution >= 4 is 10.1 Å². The summed E-state index contributed by atoms with van der Waals surface area (Å²) in [5.41, 5.74) is 0.196. The summed E-state index contributed by atoms with van der Waals surface area (Å²) in [6.45, 7) is 1.38. The van der Waals surface area contributed by atoms with Gasteiger partial charge in [-0.3, -0.25) is 0 Å². The number of hydrogen-bond acceptors (Lipinski definition) is 3. The van der Waals surface area contributed by atoms with Crippen LogP contribution in [-0.4, -0.2) is 14.8 Å². The Morgan fingerprint density at radius 3 is 2.20 bits per heavy atom. The van der Waals surface area contributed by atoms with Crippen LogP contribution in [0.1, 0.15) is 5.56 Å². The molecule has 0 unspecified atom stereocenters. The van der Waals surface area contributed by atoms with E-state index in [1.165, 1.54) is 25.1 Å². The van der Waals surface area contributed by atoms with Gasteiger partial charge in [0.25, 0.3) is 0 Å². The highest BCUT2D eigenvalue weighted by Gasteiger charge is 2.38. The molecule has 1 aromatic carbocycles. The summed E-state index contributed by atoms with van der Waals surface area (Å²) in [5, 5.41) is 0. The van der Waals surface area contributed by atoms with E-state index in [4.69, 9.17) is 0 Å². The molecule has 7 heteroatoms. The number of benzene rings is 1. The van der Waals surface area contributed by atoms with Gasteiger partial charge >= 0.3 is 16.5 Å². The SMILES string of the molecule is Cc1ccccc1S(=O)(=O)OC(F)(F)F. The Hall–Kier alpha value is -1.08. The third-order valence-corrected chi connectivity index (χ3v) is 2.97. The van der Waals surface area contributed by atoms with E-state index in [-0.39, 0.29) is 5.56 Å². The summed E-state index contributed by atoms with van der Waals surface area (Å²) in [4.78, 5) is -0.484. The van der Waals surface area contributed by atoms with Gasteiger partial charge in [0.2, 0.25) is 0 Å². The van der Waals surface area contributed by atoms with Gasteiger partial charge in [0, 0.05) is 0 Å². The van der Waals surface area contributed by atoms with E-state index in [1.54, 1.807) is 0 Å². The number of hydrogen-bond donors (Lipinski definition) is 0. The predicted molar refractivity (Wildman–Crippen MR) is 45.5 cm³/mol. The molecule has 0 aromatic heterocycles. The molecule has 0 N–H and O–H groups in total. The average molecular weight is 240 g/mol. The van der Waals surface area contributed by atoms with Crippen molar-refractivity contribution in [3.8, 4) is 0 Å². The topological polar surface area (TPSA) is 43.4 Å². The smallest absolute Gasteiger partial charge is 0.194 e. The highest BCUT2D eigenvalue weighted by Crippen LogP contribution is 2.25. The van der Waals surface area contributed by atoms with E-state index in [9.17, 15) is 21.6 Å². The van der Waals surface area contributed by atoms with E-state index < -0.39 is 21.4 Å². The van der Waals surface area contributed by atoms with Gasteiger partial charge in [-0.25, -0.2) is 0 Å². The van der Waals surface area contributed by atoms with Crippen LogP contribution in [0.4, 0.5) is 13.2 Å². The third kappa shape index (κ3) is 3.21. The van der Waals surface area contributed by atoms with Crippen LogP contribution in [0.15, 0.2) is 29.2 Å². The first-order chi connectivity index (χ1) is 6.72. The zero-order valence-corrected chi connectivity index (χ0v) is 8.39. The Labute approximate surface area is 84.6 Å². The lowest BCUT2D eigenvalue weighted by Gasteiger charge is -2.09. The second-order valence-electron chi connectivity index (χ2n) is 2.75. The second-order valence-corrected chi connectivity index (χ2v) is 4.26. The molecule has 0 heterocycles. The molecule has 15 heavy (non-hydrogen) atoms. The highest BCUT2D eigenvalue weighted by atomic mass is 32.2. The van der Waals surface area contributed by atoms with Crippen molar-refractivity contribution in [3.05, 3.63) is 29.8 Å². The van der Waals surface area contributed by atoms with Gasteiger partial charge < -0.3 is 0 Å². The van der Waals surface area contributed by atoms with Crippen LogP contribution >= 0.6 is 0 Å². The number of rotatable bonds is 2. The van der Waals surface area contributed by atoms with Gasteiger partial charge in [0.05, 0.1) is 4.90 Å². The molecule has 3 nitrogen and oxygen atoms in total. The van der Waals surface area contributed by atoms with Gasteiger partial charge in [-0.05, 0) is 18.6 Å². The van der Waals surface area contributed by atoms with Crippen molar-refractivity contribution in [1.82, 2.24) is 0 Å². The van der Waals surface area contributed by atoms with Gasteiger partial charge in [-0.2, -0.15) is 12.6 Å². The van der Waals surface area contributed by atoms with Crippen molar-refractivity contribution in [2.24, 2.45) is 0 Å². The Balaban J connectivity index is 3.13. The molecule has 0 fully saturated rings. The van der Waals surface area contributed by atoms with E-state index in [1.807, 2.05) is 0 Å². The molecule has 0 amide bonds. The fourth-order valence-corrected chi connectivity index (χ4v) is 2.05. The lowest BCUT2D eigenvalue weighted by molar-refractivity contribution is -0.271. The maximum absolute atomic E-state index is 11.8. The number of halogens is 3. The van der Waals surface area contributed by atoms with Crippen LogP contribution in [0.3, 0.4) is 0 Å². The number of alkyl halides is 3. The normalized spacial score (nSPS) is 12.8. The summed E-state index contributed by atoms with van der Waals surface area (Å²) in [5.74, 6) is 0. The third-order valence-electron chi connectivity index (χ3n) is 1.57. The van der Waals surface area contributed by atoms with Crippen molar-refractivity contribution < 1.29 is 25.8 Å². The molecular weight excluding hydrogens is 233 g/mol. The molecule has 84 valence electrons. The molecule has 0 aliphatic rings. The van der Waals surface area contributed by atoms with Crippen molar-refractivity contribution in [1.29, 1.82) is 0 Å². The zero-order chi connectivity index (χ0) is 11.7. The van der Waals surface area contributed by atoms with Crippen molar-refractivity contribution in [2.45, 2.75) is 18.2 Å². The van der Waals surface area contributed by atoms with E-state index in [0.717, 1.165) is 6.07 Å². The molecule has 0 radical (unpaired) electrons. The van der Waals surface area contributed by atoms with Crippen LogP contribution in [0.5, 0.6) is 0 Å². The molecule has 0 atom stereocenters. The van der Waals surface area contributed by atoms with Crippen LogP contribution in [0, 0.1) is 6.92 Å². The quantitative estimate of drug-likeness (QED) is 0.744.